The van der Waals surface area contributed by atoms with Gasteiger partial charge in [0.05, 0.1) is 0 Å². The van der Waals surface area contributed by atoms with Crippen LogP contribution in [0.4, 0.5) is 5.69 Å². The van der Waals surface area contributed by atoms with E-state index in [-0.39, 0.29) is 0 Å². The summed E-state index contributed by atoms with van der Waals surface area (Å²) in [6, 6.07) is 13.7. The number of hydrogen-bond donors (Lipinski definition) is 1. The first kappa shape index (κ1) is 14.7. The number of nitrogen functional groups attached to an aromatic ring is 1. The van der Waals surface area contributed by atoms with Gasteiger partial charge in [-0.1, -0.05) is 43.6 Å². The van der Waals surface area contributed by atoms with Gasteiger partial charge in [0.25, 0.3) is 0 Å². The van der Waals surface area contributed by atoms with Crippen molar-refractivity contribution in [1.29, 1.82) is 0 Å². The molecule has 1 atom stereocenters. The van der Waals surface area contributed by atoms with Crippen LogP contribution in [-0.4, -0.2) is 0 Å². The van der Waals surface area contributed by atoms with Crippen molar-refractivity contribution in [3.63, 3.8) is 0 Å². The molecule has 2 aromatic carbocycles. The Hall–Kier alpha value is -1.67. The molecule has 1 unspecified atom stereocenters. The number of rotatable bonds is 5. The van der Waals surface area contributed by atoms with Crippen molar-refractivity contribution in [2.45, 2.75) is 32.8 Å². The third-order valence-corrected chi connectivity index (χ3v) is 3.80. The molecule has 0 fully saturated rings. The maximum Gasteiger partial charge on any atom is 0.119 e. The highest BCUT2D eigenvalue weighted by Crippen LogP contribution is 2.23. The minimum absolute atomic E-state index is 0.450. The quantitative estimate of drug-likeness (QED) is 0.785. The van der Waals surface area contributed by atoms with Gasteiger partial charge >= 0.3 is 0 Å². The van der Waals surface area contributed by atoms with E-state index in [9.17, 15) is 0 Å². The highest BCUT2D eigenvalue weighted by Gasteiger charge is 2.04. The van der Waals surface area contributed by atoms with Crippen molar-refractivity contribution in [3.05, 3.63) is 58.6 Å². The van der Waals surface area contributed by atoms with Crippen molar-refractivity contribution >= 4 is 17.3 Å². The average Bonchev–Trinajstić information content (AvgIpc) is 2.46. The summed E-state index contributed by atoms with van der Waals surface area (Å²) in [5, 5.41) is 0.643. The second kappa shape index (κ2) is 6.67. The Kier molecular flexibility index (Phi) is 4.91. The van der Waals surface area contributed by atoms with Crippen molar-refractivity contribution in [1.82, 2.24) is 0 Å². The molecule has 0 heterocycles. The topological polar surface area (TPSA) is 35.2 Å². The van der Waals surface area contributed by atoms with Crippen LogP contribution in [0.5, 0.6) is 5.75 Å². The number of nitrogens with two attached hydrogens (primary N) is 1. The zero-order valence-electron chi connectivity index (χ0n) is 11.9. The monoisotopic (exact) mass is 289 g/mol. The fourth-order valence-electron chi connectivity index (χ4n) is 1.99. The number of halogens is 1. The van der Waals surface area contributed by atoms with Crippen molar-refractivity contribution in [2.24, 2.45) is 0 Å². The van der Waals surface area contributed by atoms with Crippen LogP contribution in [-0.2, 0) is 6.61 Å². The second-order valence-corrected chi connectivity index (χ2v) is 5.45. The molecule has 0 bridgehead atoms. The van der Waals surface area contributed by atoms with Crippen LogP contribution in [0.25, 0.3) is 0 Å². The zero-order chi connectivity index (χ0) is 14.5. The Morgan fingerprint density at radius 1 is 1.15 bits per heavy atom. The first-order valence-electron chi connectivity index (χ1n) is 6.86. The van der Waals surface area contributed by atoms with Crippen LogP contribution in [0, 0.1) is 0 Å². The van der Waals surface area contributed by atoms with Gasteiger partial charge in [0.15, 0.2) is 0 Å². The number of hydrogen-bond acceptors (Lipinski definition) is 2. The van der Waals surface area contributed by atoms with Gasteiger partial charge in [0.2, 0.25) is 0 Å². The van der Waals surface area contributed by atoms with Crippen molar-refractivity contribution < 1.29 is 4.74 Å². The normalized spacial score (nSPS) is 12.2. The first-order valence-corrected chi connectivity index (χ1v) is 7.24. The fraction of sp³-hybridized carbons (Fsp3) is 0.294. The molecular formula is C17H20ClNO. The third kappa shape index (κ3) is 3.67. The van der Waals surface area contributed by atoms with Gasteiger partial charge in [-0.2, -0.15) is 0 Å². The summed E-state index contributed by atoms with van der Waals surface area (Å²) in [7, 11) is 0. The molecule has 3 heteroatoms. The predicted molar refractivity (Wildman–Crippen MR) is 85.3 cm³/mol. The fourth-order valence-corrected chi connectivity index (χ4v) is 2.17. The van der Waals surface area contributed by atoms with Crippen LogP contribution in [0.3, 0.4) is 0 Å². The van der Waals surface area contributed by atoms with Gasteiger partial charge in [-0.15, -0.1) is 0 Å². The van der Waals surface area contributed by atoms with Gasteiger partial charge in [0.1, 0.15) is 12.4 Å². The van der Waals surface area contributed by atoms with Gasteiger partial charge in [0, 0.05) is 16.3 Å². The van der Waals surface area contributed by atoms with Crippen molar-refractivity contribution in [2.75, 3.05) is 5.73 Å². The van der Waals surface area contributed by atoms with E-state index in [1.54, 1.807) is 6.07 Å². The summed E-state index contributed by atoms with van der Waals surface area (Å²) in [6.07, 6.45) is 1.14. The Balaban J connectivity index is 2.00. The van der Waals surface area contributed by atoms with Crippen LogP contribution in [0.15, 0.2) is 42.5 Å². The number of anilines is 1. The lowest BCUT2D eigenvalue weighted by atomic mass is 9.99. The van der Waals surface area contributed by atoms with Crippen LogP contribution < -0.4 is 10.5 Å². The van der Waals surface area contributed by atoms with E-state index in [0.29, 0.717) is 23.2 Å². The molecule has 0 spiro atoms. The molecule has 0 saturated heterocycles. The Morgan fingerprint density at radius 2 is 1.85 bits per heavy atom. The van der Waals surface area contributed by atoms with E-state index >= 15 is 0 Å². The van der Waals surface area contributed by atoms with E-state index in [0.717, 1.165) is 17.7 Å². The summed E-state index contributed by atoms with van der Waals surface area (Å²) in [6.45, 7) is 4.87. The van der Waals surface area contributed by atoms with E-state index in [1.165, 1.54) is 5.56 Å². The summed E-state index contributed by atoms with van der Waals surface area (Å²) >= 11 is 5.87. The molecule has 0 aromatic heterocycles. The molecule has 106 valence electrons. The smallest absolute Gasteiger partial charge is 0.119 e. The van der Waals surface area contributed by atoms with Gasteiger partial charge in [-0.3, -0.25) is 0 Å². The van der Waals surface area contributed by atoms with Gasteiger partial charge in [-0.05, 0) is 42.2 Å². The minimum Gasteiger partial charge on any atom is -0.489 e. The molecule has 0 aliphatic rings. The lowest BCUT2D eigenvalue weighted by Gasteiger charge is -2.11. The Labute approximate surface area is 125 Å². The lowest BCUT2D eigenvalue weighted by Crippen LogP contribution is -2.00. The standard InChI is InChI=1S/C17H20ClNO/c1-3-12(2)13-5-8-16(9-6-13)20-11-14-4-7-15(18)10-17(14)19/h4-10,12H,3,11,19H2,1-2H3. The Bertz CT molecular complexity index is 566. The Morgan fingerprint density at radius 3 is 2.45 bits per heavy atom. The highest BCUT2D eigenvalue weighted by atomic mass is 35.5. The molecule has 0 amide bonds. The molecule has 2 nitrogen and oxygen atoms in total. The average molecular weight is 290 g/mol. The summed E-state index contributed by atoms with van der Waals surface area (Å²) in [5.41, 5.74) is 8.85. The molecule has 0 aliphatic heterocycles. The van der Waals surface area contributed by atoms with E-state index < -0.39 is 0 Å². The largest absolute Gasteiger partial charge is 0.489 e. The molecule has 0 saturated carbocycles. The van der Waals surface area contributed by atoms with Crippen LogP contribution in [0.2, 0.25) is 5.02 Å². The molecule has 2 N–H and O–H groups in total. The van der Waals surface area contributed by atoms with Crippen molar-refractivity contribution in [3.8, 4) is 5.75 Å². The summed E-state index contributed by atoms with van der Waals surface area (Å²) < 4.78 is 5.76. The maximum atomic E-state index is 5.90. The van der Waals surface area contributed by atoms with Gasteiger partial charge in [-0.25, -0.2) is 0 Å². The number of ether oxygens (including phenoxy) is 1. The SMILES string of the molecule is CCC(C)c1ccc(OCc2ccc(Cl)cc2N)cc1. The highest BCUT2D eigenvalue weighted by molar-refractivity contribution is 6.30. The number of benzene rings is 2. The summed E-state index contributed by atoms with van der Waals surface area (Å²) in [4.78, 5) is 0. The minimum atomic E-state index is 0.450. The molecular weight excluding hydrogens is 270 g/mol. The lowest BCUT2D eigenvalue weighted by molar-refractivity contribution is 0.307. The van der Waals surface area contributed by atoms with Crippen LogP contribution in [0.1, 0.15) is 37.3 Å². The van der Waals surface area contributed by atoms with Crippen LogP contribution >= 0.6 is 11.6 Å². The van der Waals surface area contributed by atoms with E-state index in [2.05, 4.69) is 26.0 Å². The third-order valence-electron chi connectivity index (χ3n) is 3.56. The molecule has 20 heavy (non-hydrogen) atoms. The van der Waals surface area contributed by atoms with E-state index in [1.807, 2.05) is 24.3 Å². The van der Waals surface area contributed by atoms with Gasteiger partial charge < -0.3 is 10.5 Å². The predicted octanol–water partition coefficient (Wildman–Crippen LogP) is 5.01. The summed E-state index contributed by atoms with van der Waals surface area (Å²) in [5.74, 6) is 1.43. The van der Waals surface area contributed by atoms with E-state index in [4.69, 9.17) is 22.1 Å². The maximum absolute atomic E-state index is 5.90. The molecule has 0 radical (unpaired) electrons. The molecule has 2 aromatic rings. The zero-order valence-corrected chi connectivity index (χ0v) is 12.7. The molecule has 0 aliphatic carbocycles. The second-order valence-electron chi connectivity index (χ2n) is 5.01. The molecule has 2 rings (SSSR count). The first-order chi connectivity index (χ1) is 9.60.